The average molecular weight is 511 g/mol. The van der Waals surface area contributed by atoms with Crippen LogP contribution in [0.3, 0.4) is 0 Å². The zero-order valence-electron chi connectivity index (χ0n) is 24.6. The van der Waals surface area contributed by atoms with Gasteiger partial charge in [0.2, 0.25) is 0 Å². The summed E-state index contributed by atoms with van der Waals surface area (Å²) in [4.78, 5) is 23.7. The predicted octanol–water partition coefficient (Wildman–Crippen LogP) is 10.1. The highest BCUT2D eigenvalue weighted by atomic mass is 16.5. The summed E-state index contributed by atoms with van der Waals surface area (Å²) in [6.07, 6.45) is 28.1. The molecular weight excluding hydrogens is 448 g/mol. The van der Waals surface area contributed by atoms with Crippen molar-refractivity contribution in [3.63, 3.8) is 0 Å². The molecule has 0 aromatic carbocycles. The number of hydrogen-bond acceptors (Lipinski definition) is 4. The molecule has 0 aliphatic carbocycles. The zero-order valence-corrected chi connectivity index (χ0v) is 24.6. The van der Waals surface area contributed by atoms with Crippen molar-refractivity contribution in [2.24, 2.45) is 5.92 Å². The number of hydrogen-bond donors (Lipinski definition) is 0. The fraction of sp³-hybridized carbons (Fsp3) is 0.938. The van der Waals surface area contributed by atoms with Crippen LogP contribution < -0.4 is 0 Å². The van der Waals surface area contributed by atoms with E-state index >= 15 is 0 Å². The summed E-state index contributed by atoms with van der Waals surface area (Å²) in [5.41, 5.74) is 0. The van der Waals surface area contributed by atoms with Gasteiger partial charge in [-0.2, -0.15) is 0 Å². The van der Waals surface area contributed by atoms with Gasteiger partial charge in [-0.15, -0.1) is 0 Å². The molecule has 4 heteroatoms. The lowest BCUT2D eigenvalue weighted by Gasteiger charge is -2.11. The van der Waals surface area contributed by atoms with Crippen molar-refractivity contribution >= 4 is 11.9 Å². The van der Waals surface area contributed by atoms with Crippen LogP contribution >= 0.6 is 0 Å². The minimum absolute atomic E-state index is 0.00650. The Labute approximate surface area is 225 Å². The molecule has 0 aromatic heterocycles. The van der Waals surface area contributed by atoms with Gasteiger partial charge in [-0.3, -0.25) is 9.59 Å². The predicted molar refractivity (Wildman–Crippen MR) is 153 cm³/mol. The van der Waals surface area contributed by atoms with Crippen LogP contribution in [0.5, 0.6) is 0 Å². The molecule has 0 heterocycles. The largest absolute Gasteiger partial charge is 0.466 e. The molecule has 0 saturated heterocycles. The maximum atomic E-state index is 11.9. The summed E-state index contributed by atoms with van der Waals surface area (Å²) < 4.78 is 10.7. The average Bonchev–Trinajstić information content (AvgIpc) is 2.86. The smallest absolute Gasteiger partial charge is 0.306 e. The summed E-state index contributed by atoms with van der Waals surface area (Å²) in [6.45, 7) is 7.82. The molecule has 0 aliphatic heterocycles. The number of carbonyl (C=O) groups is 2. The van der Waals surface area contributed by atoms with E-state index < -0.39 is 0 Å². The molecule has 0 rings (SSSR count). The van der Waals surface area contributed by atoms with Crippen LogP contribution in [0.4, 0.5) is 0 Å². The van der Waals surface area contributed by atoms with E-state index in [1.54, 1.807) is 0 Å². The van der Waals surface area contributed by atoms with Crippen molar-refractivity contribution in [3.05, 3.63) is 0 Å². The van der Waals surface area contributed by atoms with E-state index in [1.165, 1.54) is 109 Å². The van der Waals surface area contributed by atoms with E-state index in [0.29, 0.717) is 32.0 Å². The molecule has 0 saturated carbocycles. The van der Waals surface area contributed by atoms with E-state index in [9.17, 15) is 9.59 Å². The third kappa shape index (κ3) is 27.5. The summed E-state index contributed by atoms with van der Waals surface area (Å²) >= 11 is 0. The topological polar surface area (TPSA) is 52.6 Å². The van der Waals surface area contributed by atoms with Gasteiger partial charge < -0.3 is 9.47 Å². The van der Waals surface area contributed by atoms with Crippen molar-refractivity contribution in [2.45, 2.75) is 175 Å². The first-order valence-electron chi connectivity index (χ1n) is 15.9. The van der Waals surface area contributed by atoms with Crippen molar-refractivity contribution in [2.75, 3.05) is 13.2 Å². The quantitative estimate of drug-likeness (QED) is 0.0776. The fourth-order valence-corrected chi connectivity index (χ4v) is 4.65. The fourth-order valence-electron chi connectivity index (χ4n) is 4.65. The van der Waals surface area contributed by atoms with E-state index in [0.717, 1.165) is 32.1 Å². The van der Waals surface area contributed by atoms with Gasteiger partial charge in [-0.25, -0.2) is 0 Å². The van der Waals surface area contributed by atoms with Crippen LogP contribution in [-0.4, -0.2) is 25.2 Å². The number of ether oxygens (including phenoxy) is 2. The molecule has 214 valence electrons. The van der Waals surface area contributed by atoms with Crippen molar-refractivity contribution in [1.29, 1.82) is 0 Å². The van der Waals surface area contributed by atoms with Gasteiger partial charge >= 0.3 is 11.9 Å². The molecule has 0 aliphatic rings. The van der Waals surface area contributed by atoms with Crippen molar-refractivity contribution < 1.29 is 19.1 Å². The van der Waals surface area contributed by atoms with Gasteiger partial charge in [-0.05, 0) is 25.2 Å². The molecule has 4 nitrogen and oxygen atoms in total. The van der Waals surface area contributed by atoms with Crippen LogP contribution in [0.25, 0.3) is 0 Å². The highest BCUT2D eigenvalue weighted by Crippen LogP contribution is 2.17. The van der Waals surface area contributed by atoms with Crippen LogP contribution in [0, 0.1) is 5.92 Å². The molecule has 0 N–H and O–H groups in total. The second-order valence-electron chi connectivity index (χ2n) is 11.0. The van der Waals surface area contributed by atoms with E-state index in [2.05, 4.69) is 20.8 Å². The Kier molecular flexibility index (Phi) is 27.7. The maximum absolute atomic E-state index is 11.9. The number of unbranched alkanes of at least 4 members (excludes halogenated alkanes) is 18. The maximum Gasteiger partial charge on any atom is 0.306 e. The number of esters is 2. The molecule has 1 unspecified atom stereocenters. The van der Waals surface area contributed by atoms with Gasteiger partial charge in [0.05, 0.1) is 13.2 Å². The summed E-state index contributed by atoms with van der Waals surface area (Å²) in [5.74, 6) is 0.425. The Bertz CT molecular complexity index is 477. The molecule has 0 fully saturated rings. The molecule has 0 amide bonds. The van der Waals surface area contributed by atoms with Gasteiger partial charge in [0, 0.05) is 12.8 Å². The normalized spacial score (nSPS) is 12.0. The van der Waals surface area contributed by atoms with E-state index in [-0.39, 0.29) is 11.9 Å². The third-order valence-corrected chi connectivity index (χ3v) is 7.11. The Morgan fingerprint density at radius 3 is 1.39 bits per heavy atom. The second kappa shape index (κ2) is 28.5. The summed E-state index contributed by atoms with van der Waals surface area (Å²) in [7, 11) is 0. The number of carbonyl (C=O) groups excluding carboxylic acids is 2. The van der Waals surface area contributed by atoms with Gasteiger partial charge in [0.25, 0.3) is 0 Å². The van der Waals surface area contributed by atoms with Gasteiger partial charge in [0.15, 0.2) is 0 Å². The highest BCUT2D eigenvalue weighted by molar-refractivity contribution is 5.69. The Balaban J connectivity index is 3.30. The van der Waals surface area contributed by atoms with Gasteiger partial charge in [0.1, 0.15) is 0 Å². The number of rotatable bonds is 28. The molecule has 0 bridgehead atoms. The van der Waals surface area contributed by atoms with Crippen LogP contribution in [0.15, 0.2) is 0 Å². The second-order valence-corrected chi connectivity index (χ2v) is 11.0. The lowest BCUT2D eigenvalue weighted by Crippen LogP contribution is -2.10. The monoisotopic (exact) mass is 510 g/mol. The van der Waals surface area contributed by atoms with Crippen molar-refractivity contribution in [3.8, 4) is 0 Å². The minimum atomic E-state index is -0.00825. The molecule has 1 atom stereocenters. The van der Waals surface area contributed by atoms with Crippen LogP contribution in [0.1, 0.15) is 175 Å². The SMILES string of the molecule is CCCCCCCOC(=O)CCCCCCCCCCCCCC(C)CC(=O)OCCCCCCC. The highest BCUT2D eigenvalue weighted by Gasteiger charge is 2.10. The van der Waals surface area contributed by atoms with E-state index in [1.807, 2.05) is 0 Å². The zero-order chi connectivity index (χ0) is 26.5. The third-order valence-electron chi connectivity index (χ3n) is 7.11. The summed E-state index contributed by atoms with van der Waals surface area (Å²) in [5, 5.41) is 0. The Morgan fingerprint density at radius 2 is 0.889 bits per heavy atom. The molecule has 0 aromatic rings. The molecule has 0 spiro atoms. The standard InChI is InChI=1S/C32H62O4/c1-4-6-8-19-23-27-35-31(33)26-22-18-16-14-12-10-11-13-15-17-21-25-30(3)29-32(34)36-28-24-20-9-7-5-2/h30H,4-29H2,1-3H3. The van der Waals surface area contributed by atoms with Crippen LogP contribution in [0.2, 0.25) is 0 Å². The molecule has 36 heavy (non-hydrogen) atoms. The lowest BCUT2D eigenvalue weighted by molar-refractivity contribution is -0.145. The van der Waals surface area contributed by atoms with Crippen LogP contribution in [-0.2, 0) is 19.1 Å². The first-order valence-corrected chi connectivity index (χ1v) is 15.9. The van der Waals surface area contributed by atoms with Crippen molar-refractivity contribution in [1.82, 2.24) is 0 Å². The Morgan fingerprint density at radius 1 is 0.500 bits per heavy atom. The minimum Gasteiger partial charge on any atom is -0.466 e. The van der Waals surface area contributed by atoms with E-state index in [4.69, 9.17) is 9.47 Å². The summed E-state index contributed by atoms with van der Waals surface area (Å²) in [6, 6.07) is 0. The first kappa shape index (κ1) is 34.9. The Hall–Kier alpha value is -1.06. The van der Waals surface area contributed by atoms with Gasteiger partial charge in [-0.1, -0.05) is 143 Å². The molecule has 0 radical (unpaired) electrons. The molecular formula is C32H62O4. The first-order chi connectivity index (χ1) is 17.6. The lowest BCUT2D eigenvalue weighted by atomic mass is 9.99.